The highest BCUT2D eigenvalue weighted by atomic mass is 33.1. The SMILES string of the molecule is CC(=O)O[C@H]1C[C@@H](O)CC[C@]23C#C[C@H]4C[C@H]5C#C[C@H](CNC[C@]6(C5)C[C@@H](CCN6)Oc5cc(c(C(O)O)cc5O)C[C@@H]14)SS[C@@H]1[C@H]4CC[C@@]56CCC7=C[C@@H]8CCC9(CCCC9)[C@@]89C[C@@]1(NC(N)=N[C@@H]2C=CC[C@@H]3O)[C@]51[C@@H]7[C@@H]9C=C[C@@]1(CC6)C4. The lowest BCUT2D eigenvalue weighted by atomic mass is 9.24. The van der Waals surface area contributed by atoms with Crippen molar-refractivity contribution >= 4 is 33.5 Å². The van der Waals surface area contributed by atoms with Crippen molar-refractivity contribution in [2.24, 2.45) is 84.6 Å². The van der Waals surface area contributed by atoms with E-state index in [1.165, 1.54) is 96.5 Å². The summed E-state index contributed by atoms with van der Waals surface area (Å²) in [7, 11) is 4.15. The van der Waals surface area contributed by atoms with Crippen LogP contribution in [0.2, 0.25) is 0 Å². The van der Waals surface area contributed by atoms with E-state index in [0.29, 0.717) is 93.4 Å². The number of aliphatic imine (C=N–C) groups is 1. The maximum Gasteiger partial charge on any atom is 0.302 e. The minimum Gasteiger partial charge on any atom is -0.504 e. The van der Waals surface area contributed by atoms with Gasteiger partial charge in [0.2, 0.25) is 0 Å². The number of guanidine groups is 1. The van der Waals surface area contributed by atoms with Crippen LogP contribution in [0.1, 0.15) is 166 Å². The molecule has 0 unspecified atom stereocenters. The Morgan fingerprint density at radius 1 is 0.940 bits per heavy atom. The van der Waals surface area contributed by atoms with Crippen LogP contribution < -0.4 is 26.4 Å². The molecule has 15 bridgehead atoms. The van der Waals surface area contributed by atoms with Crippen molar-refractivity contribution in [2.75, 3.05) is 19.6 Å². The molecule has 12 aliphatic carbocycles. The van der Waals surface area contributed by atoms with Gasteiger partial charge >= 0.3 is 5.97 Å². The van der Waals surface area contributed by atoms with Crippen molar-refractivity contribution in [3.05, 3.63) is 59.2 Å². The number of nitrogens with two attached hydrogens (primary N) is 1. The van der Waals surface area contributed by atoms with Crippen molar-refractivity contribution in [1.82, 2.24) is 16.0 Å². The van der Waals surface area contributed by atoms with E-state index >= 15 is 0 Å². The Morgan fingerprint density at radius 2 is 1.81 bits per heavy atom. The minimum absolute atomic E-state index is 0.0425. The van der Waals surface area contributed by atoms with Crippen molar-refractivity contribution in [3.8, 4) is 35.2 Å². The molecule has 9 fully saturated rings. The van der Waals surface area contributed by atoms with E-state index in [1.807, 2.05) is 10.8 Å². The van der Waals surface area contributed by atoms with Gasteiger partial charge in [-0.05, 0) is 192 Å². The Hall–Kier alpha value is -3.64. The van der Waals surface area contributed by atoms with Gasteiger partial charge in [-0.2, -0.15) is 0 Å². The minimum atomic E-state index is -1.93. The van der Waals surface area contributed by atoms with Crippen molar-refractivity contribution in [1.29, 1.82) is 0 Å². The zero-order valence-electron chi connectivity index (χ0n) is 48.4. The monoisotopic (exact) mass is 1170 g/mol. The molecule has 1 saturated heterocycles. The van der Waals surface area contributed by atoms with Crippen LogP contribution >= 0.6 is 21.6 Å². The highest BCUT2D eigenvalue weighted by Gasteiger charge is 2.90. The second kappa shape index (κ2) is 19.4. The number of benzene rings is 1. The van der Waals surface area contributed by atoms with Crippen LogP contribution in [0, 0.1) is 97.6 Å². The summed E-state index contributed by atoms with van der Waals surface area (Å²) < 4.78 is 13.2. The van der Waals surface area contributed by atoms with E-state index in [9.17, 15) is 30.3 Å². The van der Waals surface area contributed by atoms with Gasteiger partial charge < -0.3 is 56.7 Å². The van der Waals surface area contributed by atoms with Gasteiger partial charge in [0.05, 0.1) is 34.5 Å². The number of carbonyl (C=O) groups is 1. The lowest BCUT2D eigenvalue weighted by Crippen LogP contribution is -2.85. The van der Waals surface area contributed by atoms with E-state index in [-0.39, 0.29) is 85.9 Å². The quantitative estimate of drug-likeness (QED) is 0.0448. The molecule has 4 aliphatic heterocycles. The predicted octanol–water partition coefficient (Wildman–Crippen LogP) is 8.43. The van der Waals surface area contributed by atoms with Crippen LogP contribution in [0.3, 0.4) is 0 Å². The van der Waals surface area contributed by atoms with Crippen LogP contribution in [0.15, 0.2) is 53.1 Å². The van der Waals surface area contributed by atoms with Gasteiger partial charge in [-0.25, -0.2) is 4.99 Å². The Morgan fingerprint density at radius 3 is 2.66 bits per heavy atom. The number of aliphatic hydroxyl groups excluding tert-OH is 3. The van der Waals surface area contributed by atoms with E-state index < -0.39 is 64.9 Å². The molecule has 15 heteroatoms. The first-order chi connectivity index (χ1) is 40.1. The van der Waals surface area contributed by atoms with Gasteiger partial charge in [0.1, 0.15) is 12.2 Å². The third-order valence-electron chi connectivity index (χ3n) is 26.5. The number of hydrogen-bond donors (Lipinski definition) is 9. The van der Waals surface area contributed by atoms with Gasteiger partial charge in [0.25, 0.3) is 0 Å². The molecular formula is C68H87N5O8S2. The van der Waals surface area contributed by atoms with Gasteiger partial charge in [0, 0.05) is 72.4 Å². The number of allylic oxidation sites excluding steroid dienone is 4. The Bertz CT molecular complexity index is 3120. The number of esters is 1. The third-order valence-corrected chi connectivity index (χ3v) is 29.8. The molecule has 1 aromatic carbocycles. The Balaban J connectivity index is 0.924. The second-order valence-electron chi connectivity index (χ2n) is 29.8. The van der Waals surface area contributed by atoms with Gasteiger partial charge in [-0.1, -0.05) is 94.1 Å². The summed E-state index contributed by atoms with van der Waals surface area (Å²) in [6.45, 7) is 3.46. The fourth-order valence-corrected chi connectivity index (χ4v) is 27.5. The zero-order valence-corrected chi connectivity index (χ0v) is 50.0. The van der Waals surface area contributed by atoms with Crippen LogP contribution in [0.25, 0.3) is 0 Å². The summed E-state index contributed by atoms with van der Waals surface area (Å²) in [6.07, 6.45) is 29.3. The summed E-state index contributed by atoms with van der Waals surface area (Å²) in [6, 6.07) is 2.45. The summed E-state index contributed by atoms with van der Waals surface area (Å²) in [5, 5.41) is 71.9. The van der Waals surface area contributed by atoms with Crippen molar-refractivity contribution < 1.29 is 39.8 Å². The van der Waals surface area contributed by atoms with Crippen LogP contribution in [0.4, 0.5) is 0 Å². The number of aromatic hydroxyl groups is 1. The summed E-state index contributed by atoms with van der Waals surface area (Å²) in [4.78, 5) is 19.2. The summed E-state index contributed by atoms with van der Waals surface area (Å²) in [5.74, 6) is 16.4. The summed E-state index contributed by atoms with van der Waals surface area (Å²) >= 11 is 0. The molecule has 17 rings (SSSR count). The average molecular weight is 1170 g/mol. The number of fused-ring (bicyclic) bond motifs is 5. The normalized spacial score (nSPS) is 49.0. The van der Waals surface area contributed by atoms with E-state index in [2.05, 4.69) is 80.8 Å². The first-order valence-corrected chi connectivity index (χ1v) is 34.8. The predicted molar refractivity (Wildman–Crippen MR) is 321 cm³/mol. The van der Waals surface area contributed by atoms with Crippen molar-refractivity contribution in [3.63, 3.8) is 0 Å². The van der Waals surface area contributed by atoms with Gasteiger partial charge in [-0.3, -0.25) is 4.79 Å². The third kappa shape index (κ3) is 7.65. The van der Waals surface area contributed by atoms with E-state index in [4.69, 9.17) is 20.2 Å². The van der Waals surface area contributed by atoms with Crippen LogP contribution in [-0.4, -0.2) is 109 Å². The number of hydrogen-bond acceptors (Lipinski definition) is 15. The molecule has 6 spiro atoms. The number of ether oxygens (including phenoxy) is 2. The fraction of sp³-hybridized carbons (Fsp3) is 0.735. The fourth-order valence-electron chi connectivity index (χ4n) is 23.9. The number of nitrogens with one attached hydrogen (secondary N) is 3. The maximum absolute atomic E-state index is 13.4. The van der Waals surface area contributed by atoms with Gasteiger partial charge in [0.15, 0.2) is 23.7 Å². The standard InChI is InChI=1S/C68H87N5O8S2/c1-39(74)80-53-31-46(75)13-23-65-22-11-41-27-40-7-8-48(36-70-38-64(33-40)35-47(15-26-71-64)81-54-30-44(29-49(41)53)50(59(78)79)32-52(54)76)82-83-58-43-10-19-62-18-9-42-28-45-12-20-61(16-2-3-17-61)66(45)37-67(58,73-60(69)72-55(65)5-4-6-56(65)77)68(62)57(42)51(66)14-21-63(68,34-43)25-24-62/h4-5,14,21,28,30,32,40-41,43,45-49,51,53,55-59,70-71,75-79H,2-3,6,9-10,12-13,15-20,23-27,29,31,33-38H2,1H3,(H3,69,72,73)/t40-,41+,43+,45+,46+,47-,48-,49-,51+,53+,55-,56+,57+,58-,62-,63-,64+,65-,66+,67+,68-/m1/s1. The molecule has 83 heavy (non-hydrogen) atoms. The van der Waals surface area contributed by atoms with Crippen LogP contribution in [0.5, 0.6) is 11.5 Å². The first kappa shape index (κ1) is 54.7. The Labute approximate surface area is 498 Å². The maximum atomic E-state index is 13.4. The highest BCUT2D eigenvalue weighted by Crippen LogP contribution is 2.92. The number of phenols is 1. The molecule has 0 radical (unpaired) electrons. The molecule has 8 saturated carbocycles. The van der Waals surface area contributed by atoms with Gasteiger partial charge in [-0.15, -0.1) is 0 Å². The zero-order chi connectivity index (χ0) is 56.5. The number of carbonyl (C=O) groups excluding carboxylic acids is 1. The molecule has 4 heterocycles. The molecule has 16 aliphatic rings. The number of piperidine rings is 1. The average Bonchev–Trinajstić information content (AvgIpc) is 1.62. The lowest BCUT2D eigenvalue weighted by Gasteiger charge is -2.81. The number of aliphatic hydroxyl groups is 4. The second-order valence-corrected chi connectivity index (χ2v) is 32.4. The molecule has 0 amide bonds. The Kier molecular flexibility index (Phi) is 12.8. The van der Waals surface area contributed by atoms with Crippen LogP contribution in [-0.2, 0) is 16.0 Å². The molecule has 21 atom stereocenters. The number of phenolic OH excluding ortho intramolecular Hbond substituents is 1. The van der Waals surface area contributed by atoms with E-state index in [0.717, 1.165) is 6.42 Å². The molecule has 10 N–H and O–H groups in total. The molecule has 1 aromatic rings. The summed E-state index contributed by atoms with van der Waals surface area (Å²) in [5.41, 5.74) is 8.87. The topological polar surface area (TPSA) is 211 Å². The number of rotatable bonds is 2. The molecule has 0 aromatic heterocycles. The highest BCUT2D eigenvalue weighted by molar-refractivity contribution is 8.77. The molecular weight excluding hydrogens is 1080 g/mol. The lowest BCUT2D eigenvalue weighted by molar-refractivity contribution is -0.254. The molecule has 13 nitrogen and oxygen atoms in total. The smallest absolute Gasteiger partial charge is 0.302 e. The number of nitrogens with zero attached hydrogens (tertiary/aromatic N) is 1. The first-order valence-electron chi connectivity index (χ1n) is 32.5. The largest absolute Gasteiger partial charge is 0.504 e. The van der Waals surface area contributed by atoms with Crippen molar-refractivity contribution in [2.45, 2.75) is 213 Å². The van der Waals surface area contributed by atoms with E-state index in [1.54, 1.807) is 11.6 Å². The molecule has 444 valence electrons.